The van der Waals surface area contributed by atoms with E-state index in [-0.39, 0.29) is 6.61 Å². The summed E-state index contributed by atoms with van der Waals surface area (Å²) in [5.41, 5.74) is 3.95. The number of amides is 1. The molecule has 3 rings (SSSR count). The molecule has 3 aromatic carbocycles. The molecule has 0 heterocycles. The molecule has 166 valence electrons. The van der Waals surface area contributed by atoms with Crippen LogP contribution in [0.4, 0.5) is 0 Å². The molecule has 0 aliphatic heterocycles. The molecule has 0 unspecified atom stereocenters. The molecule has 6 nitrogen and oxygen atoms in total. The third-order valence-corrected chi connectivity index (χ3v) is 5.10. The molecule has 0 aliphatic rings. The monoisotopic (exact) mass is 492 g/mol. The maximum Gasteiger partial charge on any atom is 0.277 e. The highest BCUT2D eigenvalue weighted by atomic mass is 35.5. The fourth-order valence-electron chi connectivity index (χ4n) is 2.60. The van der Waals surface area contributed by atoms with E-state index in [4.69, 9.17) is 49.0 Å². The number of carbonyl (C=O) groups is 1. The molecule has 0 saturated carbocycles. The summed E-state index contributed by atoms with van der Waals surface area (Å²) in [7, 11) is 1.54. The van der Waals surface area contributed by atoms with Gasteiger partial charge in [0.2, 0.25) is 0 Å². The first-order valence-electron chi connectivity index (χ1n) is 9.40. The van der Waals surface area contributed by atoms with Gasteiger partial charge in [0.05, 0.1) is 18.3 Å². The molecule has 3 aromatic rings. The molecule has 0 aliphatic carbocycles. The average Bonchev–Trinajstić information content (AvgIpc) is 2.79. The summed E-state index contributed by atoms with van der Waals surface area (Å²) >= 11 is 18.0. The summed E-state index contributed by atoms with van der Waals surface area (Å²) in [4.78, 5) is 11.9. The van der Waals surface area contributed by atoms with Crippen molar-refractivity contribution in [1.82, 2.24) is 5.43 Å². The lowest BCUT2D eigenvalue weighted by molar-refractivity contribution is -0.123. The minimum absolute atomic E-state index is 0.268. The smallest absolute Gasteiger partial charge is 0.277 e. The average molecular weight is 494 g/mol. The van der Waals surface area contributed by atoms with Gasteiger partial charge < -0.3 is 14.2 Å². The zero-order valence-corrected chi connectivity index (χ0v) is 19.2. The van der Waals surface area contributed by atoms with Gasteiger partial charge in [-0.3, -0.25) is 4.79 Å². The number of carbonyl (C=O) groups excluding carboxylic acids is 1. The number of nitrogens with zero attached hydrogens (tertiary/aromatic N) is 1. The van der Waals surface area contributed by atoms with Crippen LogP contribution in [0.5, 0.6) is 17.2 Å². The number of ether oxygens (including phenoxy) is 3. The van der Waals surface area contributed by atoms with Crippen LogP contribution in [0.25, 0.3) is 0 Å². The number of methoxy groups -OCH3 is 1. The molecule has 1 N–H and O–H groups in total. The molecule has 0 spiro atoms. The van der Waals surface area contributed by atoms with E-state index in [0.717, 1.165) is 5.56 Å². The highest BCUT2D eigenvalue weighted by Crippen LogP contribution is 2.29. The van der Waals surface area contributed by atoms with E-state index < -0.39 is 5.91 Å². The summed E-state index contributed by atoms with van der Waals surface area (Å²) in [6, 6.07) is 17.5. The molecule has 0 saturated heterocycles. The standard InChI is InChI=1S/C23H19Cl3N2O4/c1-30-22-10-15(6-9-20(22)31-13-16-4-2-3-5-18(16)25)12-27-28-23(29)14-32-21-11-17(24)7-8-19(21)26/h2-12H,13-14H2,1H3,(H,28,29)/b27-12+. The molecule has 1 amide bonds. The zero-order chi connectivity index (χ0) is 22.9. The molecule has 0 fully saturated rings. The van der Waals surface area contributed by atoms with Crippen LogP contribution in [0.3, 0.4) is 0 Å². The van der Waals surface area contributed by atoms with E-state index >= 15 is 0 Å². The van der Waals surface area contributed by atoms with Gasteiger partial charge in [0.15, 0.2) is 18.1 Å². The van der Waals surface area contributed by atoms with Crippen molar-refractivity contribution >= 4 is 46.9 Å². The second-order valence-corrected chi connectivity index (χ2v) is 7.70. The van der Waals surface area contributed by atoms with Crippen LogP contribution in [0.1, 0.15) is 11.1 Å². The maximum absolute atomic E-state index is 11.9. The van der Waals surface area contributed by atoms with E-state index in [2.05, 4.69) is 10.5 Å². The normalized spacial score (nSPS) is 10.8. The second-order valence-electron chi connectivity index (χ2n) is 6.45. The maximum atomic E-state index is 11.9. The van der Waals surface area contributed by atoms with Crippen LogP contribution < -0.4 is 19.6 Å². The lowest BCUT2D eigenvalue weighted by atomic mass is 10.2. The first-order chi connectivity index (χ1) is 15.5. The minimum Gasteiger partial charge on any atom is -0.493 e. The molecule has 9 heteroatoms. The van der Waals surface area contributed by atoms with Crippen molar-refractivity contribution in [3.8, 4) is 17.2 Å². The Morgan fingerprint density at radius 2 is 1.75 bits per heavy atom. The van der Waals surface area contributed by atoms with Gasteiger partial charge in [0.25, 0.3) is 5.91 Å². The zero-order valence-electron chi connectivity index (χ0n) is 17.0. The van der Waals surface area contributed by atoms with Crippen molar-refractivity contribution in [2.45, 2.75) is 6.61 Å². The molecule has 32 heavy (non-hydrogen) atoms. The molecular formula is C23H19Cl3N2O4. The van der Waals surface area contributed by atoms with Crippen LogP contribution >= 0.6 is 34.8 Å². The van der Waals surface area contributed by atoms with Crippen molar-refractivity contribution in [2.75, 3.05) is 13.7 Å². The Hall–Kier alpha value is -2.93. The van der Waals surface area contributed by atoms with Crippen LogP contribution in [0, 0.1) is 0 Å². The molecule has 0 bridgehead atoms. The third kappa shape index (κ3) is 6.79. The quantitative estimate of drug-likeness (QED) is 0.304. The molecule has 0 aromatic heterocycles. The van der Waals surface area contributed by atoms with Crippen LogP contribution in [-0.4, -0.2) is 25.8 Å². The Morgan fingerprint density at radius 3 is 2.53 bits per heavy atom. The summed E-state index contributed by atoms with van der Waals surface area (Å²) in [5, 5.41) is 5.37. The number of hydrazone groups is 1. The number of nitrogens with one attached hydrogen (secondary N) is 1. The van der Waals surface area contributed by atoms with Crippen LogP contribution in [-0.2, 0) is 11.4 Å². The highest BCUT2D eigenvalue weighted by Gasteiger charge is 2.08. The largest absolute Gasteiger partial charge is 0.493 e. The number of hydrogen-bond donors (Lipinski definition) is 1. The van der Waals surface area contributed by atoms with Gasteiger partial charge >= 0.3 is 0 Å². The summed E-state index contributed by atoms with van der Waals surface area (Å²) in [6.45, 7) is 0.0334. The predicted octanol–water partition coefficient (Wildman–Crippen LogP) is 5.76. The van der Waals surface area contributed by atoms with Crippen molar-refractivity contribution in [2.24, 2.45) is 5.10 Å². The van der Waals surface area contributed by atoms with Crippen molar-refractivity contribution in [3.05, 3.63) is 86.9 Å². The lowest BCUT2D eigenvalue weighted by Crippen LogP contribution is -2.24. The van der Waals surface area contributed by atoms with Gasteiger partial charge in [0, 0.05) is 21.7 Å². The summed E-state index contributed by atoms with van der Waals surface area (Å²) in [5.74, 6) is 0.936. The number of benzene rings is 3. The van der Waals surface area contributed by atoms with Gasteiger partial charge in [-0.1, -0.05) is 53.0 Å². The van der Waals surface area contributed by atoms with Gasteiger partial charge in [-0.25, -0.2) is 5.43 Å². The second kappa shape index (κ2) is 11.6. The first-order valence-corrected chi connectivity index (χ1v) is 10.5. The Kier molecular flexibility index (Phi) is 8.62. The SMILES string of the molecule is COc1cc(/C=N/NC(=O)COc2cc(Cl)ccc2Cl)ccc1OCc1ccccc1Cl. The van der Waals surface area contributed by atoms with Crippen LogP contribution in [0.15, 0.2) is 65.8 Å². The van der Waals surface area contributed by atoms with E-state index in [9.17, 15) is 4.79 Å². The minimum atomic E-state index is -0.455. The number of halogens is 3. The molecule has 0 atom stereocenters. The predicted molar refractivity (Wildman–Crippen MR) is 126 cm³/mol. The lowest BCUT2D eigenvalue weighted by Gasteiger charge is -2.12. The van der Waals surface area contributed by atoms with Gasteiger partial charge in [0.1, 0.15) is 12.4 Å². The Labute approximate surface area is 200 Å². The van der Waals surface area contributed by atoms with Crippen molar-refractivity contribution in [3.63, 3.8) is 0 Å². The topological polar surface area (TPSA) is 69.2 Å². The number of rotatable bonds is 9. The van der Waals surface area contributed by atoms with Gasteiger partial charge in [-0.05, 0) is 42.0 Å². The van der Waals surface area contributed by atoms with Gasteiger partial charge in [-0.15, -0.1) is 0 Å². The Bertz CT molecular complexity index is 1120. The highest BCUT2D eigenvalue weighted by molar-refractivity contribution is 6.34. The van der Waals surface area contributed by atoms with Crippen molar-refractivity contribution < 1.29 is 19.0 Å². The van der Waals surface area contributed by atoms with E-state index in [0.29, 0.717) is 44.5 Å². The molecular weight excluding hydrogens is 475 g/mol. The van der Waals surface area contributed by atoms with Gasteiger partial charge in [-0.2, -0.15) is 5.10 Å². The number of hydrogen-bond acceptors (Lipinski definition) is 5. The fourth-order valence-corrected chi connectivity index (χ4v) is 3.12. The van der Waals surface area contributed by atoms with Crippen molar-refractivity contribution in [1.29, 1.82) is 0 Å². The van der Waals surface area contributed by atoms with E-state index in [1.54, 1.807) is 43.5 Å². The molecule has 0 radical (unpaired) electrons. The Balaban J connectivity index is 1.54. The van der Waals surface area contributed by atoms with E-state index in [1.165, 1.54) is 12.3 Å². The Morgan fingerprint density at radius 1 is 0.938 bits per heavy atom. The van der Waals surface area contributed by atoms with E-state index in [1.807, 2.05) is 18.2 Å². The van der Waals surface area contributed by atoms with Crippen LogP contribution in [0.2, 0.25) is 15.1 Å². The third-order valence-electron chi connectivity index (χ3n) is 4.18. The first kappa shape index (κ1) is 23.7. The summed E-state index contributed by atoms with van der Waals surface area (Å²) < 4.78 is 16.6. The fraction of sp³-hybridized carbons (Fsp3) is 0.130. The summed E-state index contributed by atoms with van der Waals surface area (Å²) in [6.07, 6.45) is 1.48.